The second-order valence-electron chi connectivity index (χ2n) is 3.01. The van der Waals surface area contributed by atoms with Crippen molar-refractivity contribution in [1.29, 1.82) is 0 Å². The summed E-state index contributed by atoms with van der Waals surface area (Å²) in [5, 5.41) is 0. The molecule has 0 amide bonds. The summed E-state index contributed by atoms with van der Waals surface area (Å²) in [6, 6.07) is 0. The third-order valence-electron chi connectivity index (χ3n) is 1.77. The molecule has 0 fully saturated rings. The van der Waals surface area contributed by atoms with E-state index >= 15 is 0 Å². The lowest BCUT2D eigenvalue weighted by Crippen LogP contribution is -2.12. The maximum atomic E-state index is 5.66. The van der Waals surface area contributed by atoms with Gasteiger partial charge in [-0.1, -0.05) is 5.92 Å². The van der Waals surface area contributed by atoms with Gasteiger partial charge in [-0.15, -0.1) is 6.42 Å². The maximum absolute atomic E-state index is 5.66. The van der Waals surface area contributed by atoms with E-state index in [9.17, 15) is 0 Å². The van der Waals surface area contributed by atoms with Gasteiger partial charge in [0.1, 0.15) is 11.6 Å². The van der Waals surface area contributed by atoms with Gasteiger partial charge in [-0.2, -0.15) is 4.98 Å². The molecule has 0 aliphatic rings. The van der Waals surface area contributed by atoms with E-state index in [1.807, 2.05) is 0 Å². The first-order valence-corrected chi connectivity index (χ1v) is 4.28. The first kappa shape index (κ1) is 10.3. The van der Waals surface area contributed by atoms with Crippen molar-refractivity contribution in [1.82, 2.24) is 9.97 Å². The lowest BCUT2D eigenvalue weighted by atomic mass is 10.3. The highest BCUT2D eigenvalue weighted by Crippen LogP contribution is 2.20. The zero-order valence-electron chi connectivity index (χ0n) is 8.53. The van der Waals surface area contributed by atoms with Gasteiger partial charge in [0.15, 0.2) is 6.10 Å². The second kappa shape index (κ2) is 3.97. The number of nitrogens with two attached hydrogens (primary N) is 1. The molecule has 0 aliphatic heterocycles. The number of terminal acetylenes is 1. The van der Waals surface area contributed by atoms with Crippen molar-refractivity contribution in [2.24, 2.45) is 0 Å². The average Bonchev–Trinajstić information content (AvgIpc) is 2.13. The van der Waals surface area contributed by atoms with Gasteiger partial charge in [0.2, 0.25) is 5.88 Å². The highest BCUT2D eigenvalue weighted by molar-refractivity contribution is 5.44. The molecule has 1 aromatic rings. The van der Waals surface area contributed by atoms with E-state index in [0.29, 0.717) is 17.5 Å². The maximum Gasteiger partial charge on any atom is 0.223 e. The summed E-state index contributed by atoms with van der Waals surface area (Å²) < 4.78 is 5.39. The first-order chi connectivity index (χ1) is 6.54. The number of anilines is 1. The van der Waals surface area contributed by atoms with Gasteiger partial charge in [0.25, 0.3) is 0 Å². The molecule has 1 heterocycles. The number of ether oxygens (including phenoxy) is 1. The molecule has 1 unspecified atom stereocenters. The molecule has 1 aromatic heterocycles. The summed E-state index contributed by atoms with van der Waals surface area (Å²) >= 11 is 0. The minimum Gasteiger partial charge on any atom is -0.461 e. The van der Waals surface area contributed by atoms with Crippen LogP contribution in [0.4, 0.5) is 5.82 Å². The van der Waals surface area contributed by atoms with E-state index in [1.165, 1.54) is 0 Å². The molecule has 4 heteroatoms. The van der Waals surface area contributed by atoms with Crippen molar-refractivity contribution in [3.8, 4) is 18.2 Å². The molecular formula is C10H13N3O. The van der Waals surface area contributed by atoms with E-state index in [4.69, 9.17) is 16.9 Å². The standard InChI is InChI=1S/C10H13N3O/c1-5-6(2)14-10-7(3)9(11)12-8(4)13-10/h1,6H,2-4H3,(H2,11,12,13). The number of rotatable bonds is 2. The highest BCUT2D eigenvalue weighted by atomic mass is 16.5. The molecule has 14 heavy (non-hydrogen) atoms. The fourth-order valence-electron chi connectivity index (χ4n) is 0.940. The minimum absolute atomic E-state index is 0.317. The molecule has 4 nitrogen and oxygen atoms in total. The predicted molar refractivity (Wildman–Crippen MR) is 54.8 cm³/mol. The zero-order chi connectivity index (χ0) is 10.7. The van der Waals surface area contributed by atoms with E-state index in [-0.39, 0.29) is 6.10 Å². The van der Waals surface area contributed by atoms with Crippen molar-refractivity contribution in [2.45, 2.75) is 26.9 Å². The Morgan fingerprint density at radius 1 is 1.43 bits per heavy atom. The molecule has 1 rings (SSSR count). The Balaban J connectivity index is 3.03. The zero-order valence-corrected chi connectivity index (χ0v) is 8.53. The van der Waals surface area contributed by atoms with Gasteiger partial charge in [0, 0.05) is 0 Å². The van der Waals surface area contributed by atoms with E-state index in [1.54, 1.807) is 20.8 Å². The lowest BCUT2D eigenvalue weighted by Gasteiger charge is -2.11. The van der Waals surface area contributed by atoms with Crippen LogP contribution in [-0.2, 0) is 0 Å². The van der Waals surface area contributed by atoms with E-state index in [2.05, 4.69) is 15.9 Å². The Bertz CT molecular complexity index is 382. The Kier molecular flexibility index (Phi) is 2.92. The van der Waals surface area contributed by atoms with Crippen molar-refractivity contribution in [3.05, 3.63) is 11.4 Å². The van der Waals surface area contributed by atoms with Crippen LogP contribution in [0.25, 0.3) is 0 Å². The Hall–Kier alpha value is -1.76. The van der Waals surface area contributed by atoms with Crippen LogP contribution in [0.2, 0.25) is 0 Å². The molecule has 0 saturated heterocycles. The van der Waals surface area contributed by atoms with Crippen molar-refractivity contribution >= 4 is 5.82 Å². The largest absolute Gasteiger partial charge is 0.461 e. The molecule has 0 spiro atoms. The minimum atomic E-state index is -0.317. The van der Waals surface area contributed by atoms with Gasteiger partial charge in [-0.05, 0) is 20.8 Å². The van der Waals surface area contributed by atoms with Crippen LogP contribution < -0.4 is 10.5 Å². The lowest BCUT2D eigenvalue weighted by molar-refractivity contribution is 0.265. The topological polar surface area (TPSA) is 61.0 Å². The smallest absolute Gasteiger partial charge is 0.223 e. The van der Waals surface area contributed by atoms with Crippen LogP contribution in [-0.4, -0.2) is 16.1 Å². The number of hydrogen-bond donors (Lipinski definition) is 1. The number of hydrogen-bond acceptors (Lipinski definition) is 4. The molecule has 0 aromatic carbocycles. The number of nitrogen functional groups attached to an aromatic ring is 1. The van der Waals surface area contributed by atoms with E-state index in [0.717, 1.165) is 5.56 Å². The summed E-state index contributed by atoms with van der Waals surface area (Å²) in [6.45, 7) is 5.32. The van der Waals surface area contributed by atoms with Crippen LogP contribution in [0.1, 0.15) is 18.3 Å². The quantitative estimate of drug-likeness (QED) is 0.710. The highest BCUT2D eigenvalue weighted by Gasteiger charge is 2.09. The Morgan fingerprint density at radius 2 is 2.07 bits per heavy atom. The van der Waals surface area contributed by atoms with Gasteiger partial charge in [0.05, 0.1) is 5.56 Å². The molecule has 74 valence electrons. The number of nitrogens with zero attached hydrogens (tertiary/aromatic N) is 2. The van der Waals surface area contributed by atoms with Crippen molar-refractivity contribution in [3.63, 3.8) is 0 Å². The summed E-state index contributed by atoms with van der Waals surface area (Å²) in [5.41, 5.74) is 6.38. The first-order valence-electron chi connectivity index (χ1n) is 4.28. The van der Waals surface area contributed by atoms with E-state index < -0.39 is 0 Å². The SMILES string of the molecule is C#CC(C)Oc1nc(C)nc(N)c1C. The van der Waals surface area contributed by atoms with Crippen molar-refractivity contribution < 1.29 is 4.74 Å². The van der Waals surface area contributed by atoms with Gasteiger partial charge < -0.3 is 10.5 Å². The Labute approximate surface area is 83.5 Å². The summed E-state index contributed by atoms with van der Waals surface area (Å²) in [7, 11) is 0. The third kappa shape index (κ3) is 2.13. The molecule has 2 N–H and O–H groups in total. The average molecular weight is 191 g/mol. The van der Waals surface area contributed by atoms with Gasteiger partial charge in [-0.25, -0.2) is 4.98 Å². The normalized spacial score (nSPS) is 11.9. The summed E-state index contributed by atoms with van der Waals surface area (Å²) in [4.78, 5) is 8.11. The molecule has 1 atom stereocenters. The van der Waals surface area contributed by atoms with Crippen LogP contribution in [0.5, 0.6) is 5.88 Å². The van der Waals surface area contributed by atoms with Gasteiger partial charge >= 0.3 is 0 Å². The molecule has 0 radical (unpaired) electrons. The number of aryl methyl sites for hydroxylation is 1. The molecular weight excluding hydrogens is 178 g/mol. The van der Waals surface area contributed by atoms with Gasteiger partial charge in [-0.3, -0.25) is 0 Å². The summed E-state index contributed by atoms with van der Waals surface area (Å²) in [5.74, 6) is 3.92. The third-order valence-corrected chi connectivity index (χ3v) is 1.77. The van der Waals surface area contributed by atoms with Crippen molar-refractivity contribution in [2.75, 3.05) is 5.73 Å². The fraction of sp³-hybridized carbons (Fsp3) is 0.400. The van der Waals surface area contributed by atoms with Crippen LogP contribution >= 0.6 is 0 Å². The predicted octanol–water partition coefficient (Wildman–Crippen LogP) is 1.08. The number of aromatic nitrogens is 2. The van der Waals surface area contributed by atoms with Crippen LogP contribution in [0.15, 0.2) is 0 Å². The fourth-order valence-corrected chi connectivity index (χ4v) is 0.940. The van der Waals surface area contributed by atoms with Crippen LogP contribution in [0, 0.1) is 26.2 Å². The Morgan fingerprint density at radius 3 is 2.64 bits per heavy atom. The second-order valence-corrected chi connectivity index (χ2v) is 3.01. The molecule has 0 bridgehead atoms. The molecule has 0 aliphatic carbocycles. The monoisotopic (exact) mass is 191 g/mol. The summed E-state index contributed by atoms with van der Waals surface area (Å²) in [6.07, 6.45) is 4.88. The molecule has 0 saturated carbocycles. The van der Waals surface area contributed by atoms with Crippen LogP contribution in [0.3, 0.4) is 0 Å².